The van der Waals surface area contributed by atoms with E-state index in [1.807, 2.05) is 0 Å². The van der Waals surface area contributed by atoms with Crippen LogP contribution >= 0.6 is 0 Å². The molecule has 0 aromatic carbocycles. The van der Waals surface area contributed by atoms with E-state index in [-0.39, 0.29) is 0 Å². The van der Waals surface area contributed by atoms with E-state index in [9.17, 15) is 14.9 Å². The molecule has 0 fully saturated rings. The molecular weight excluding hydrogens is 154 g/mol. The summed E-state index contributed by atoms with van der Waals surface area (Å²) in [5.74, 6) is 3.26. The van der Waals surface area contributed by atoms with Crippen molar-refractivity contribution in [1.82, 2.24) is 0 Å². The van der Waals surface area contributed by atoms with Crippen LogP contribution in [0.25, 0.3) is 0 Å². The third-order valence-electron chi connectivity index (χ3n) is 0.890. The zero-order chi connectivity index (χ0) is 8.85. The Morgan fingerprint density at radius 1 is 1.82 bits per heavy atom. The van der Waals surface area contributed by atoms with Crippen LogP contribution in [0.2, 0.25) is 0 Å². The summed E-state index contributed by atoms with van der Waals surface area (Å²) in [6, 6.07) is 0. The molecular formula is C4H7N3O4. The normalized spacial score (nSPS) is 10.8. The average Bonchev–Trinajstić information content (AvgIpc) is 1.99. The van der Waals surface area contributed by atoms with E-state index in [0.29, 0.717) is 0 Å². The zero-order valence-corrected chi connectivity index (χ0v) is 5.81. The molecule has 0 saturated carbocycles. The smallest absolute Gasteiger partial charge is 0.374 e. The number of rotatable bonds is 2. The van der Waals surface area contributed by atoms with E-state index in [1.165, 1.54) is 0 Å². The van der Waals surface area contributed by atoms with Gasteiger partial charge in [0.05, 0.1) is 7.11 Å². The van der Waals surface area contributed by atoms with E-state index in [4.69, 9.17) is 0 Å². The minimum atomic E-state index is -0.836. The highest BCUT2D eigenvalue weighted by Crippen LogP contribution is 1.89. The van der Waals surface area contributed by atoms with Crippen molar-refractivity contribution in [2.45, 2.75) is 6.42 Å². The van der Waals surface area contributed by atoms with E-state index >= 15 is 0 Å². The summed E-state index contributed by atoms with van der Waals surface area (Å²) in [5, 5.41) is 12.8. The van der Waals surface area contributed by atoms with Gasteiger partial charge in [0.1, 0.15) is 0 Å². The number of methoxy groups -OCH3 is 1. The van der Waals surface area contributed by atoms with Gasteiger partial charge in [-0.15, -0.1) is 0 Å². The van der Waals surface area contributed by atoms with Gasteiger partial charge >= 0.3 is 11.8 Å². The highest BCUT2D eigenvalue weighted by molar-refractivity contribution is 5.92. The summed E-state index contributed by atoms with van der Waals surface area (Å²) in [5.41, 5.74) is 0. The largest absolute Gasteiger partial charge is 0.469 e. The van der Waals surface area contributed by atoms with Crippen molar-refractivity contribution < 1.29 is 14.5 Å². The summed E-state index contributed by atoms with van der Waals surface area (Å²) in [4.78, 5) is 19.6. The maximum atomic E-state index is 10.4. The number of amidine groups is 1. The van der Waals surface area contributed by atoms with Crippen LogP contribution in [0.4, 0.5) is 0 Å². The first-order valence-corrected chi connectivity index (χ1v) is 2.59. The molecule has 11 heavy (non-hydrogen) atoms. The number of nitrogens with two attached hydrogens (primary N) is 1. The lowest BCUT2D eigenvalue weighted by molar-refractivity contribution is -0.353. The Morgan fingerprint density at radius 3 is 2.64 bits per heavy atom. The quantitative estimate of drug-likeness (QED) is 0.141. The number of hydrogen-bond donors (Lipinski definition) is 1. The Balaban J connectivity index is 4.12. The number of ether oxygens (including phenoxy) is 1. The van der Waals surface area contributed by atoms with Crippen LogP contribution in [0.5, 0.6) is 0 Å². The first kappa shape index (κ1) is 9.34. The third kappa shape index (κ3) is 3.14. The molecule has 0 aliphatic carbocycles. The van der Waals surface area contributed by atoms with Crippen LogP contribution in [-0.4, -0.2) is 23.8 Å². The Bertz CT molecular complexity index is 200. The monoisotopic (exact) mass is 161 g/mol. The van der Waals surface area contributed by atoms with Gasteiger partial charge in [0.15, 0.2) is 6.42 Å². The number of carbonyl (C=O) groups is 1. The SMILES string of the molecule is COC(=O)C/C(=N/N)[N+](=O)[O-]. The molecule has 0 spiro atoms. The lowest BCUT2D eigenvalue weighted by Gasteiger charge is -1.95. The van der Waals surface area contributed by atoms with Crippen molar-refractivity contribution in [2.75, 3.05) is 7.11 Å². The molecule has 0 aliphatic rings. The lowest BCUT2D eigenvalue weighted by Crippen LogP contribution is -2.19. The molecule has 0 atom stereocenters. The first-order valence-electron chi connectivity index (χ1n) is 2.59. The third-order valence-corrected chi connectivity index (χ3v) is 0.890. The van der Waals surface area contributed by atoms with Gasteiger partial charge in [-0.25, -0.2) is 5.84 Å². The van der Waals surface area contributed by atoms with Gasteiger partial charge in [0.2, 0.25) is 0 Å². The van der Waals surface area contributed by atoms with Gasteiger partial charge in [-0.2, -0.15) is 0 Å². The van der Waals surface area contributed by atoms with Crippen LogP contribution in [0.3, 0.4) is 0 Å². The van der Waals surface area contributed by atoms with E-state index in [2.05, 4.69) is 15.7 Å². The number of carbonyl (C=O) groups excluding carboxylic acids is 1. The van der Waals surface area contributed by atoms with Crippen LogP contribution in [0.15, 0.2) is 5.10 Å². The minimum absolute atomic E-state index is 0.514. The molecule has 2 N–H and O–H groups in total. The molecule has 0 aromatic rings. The molecule has 0 amide bonds. The summed E-state index contributed by atoms with van der Waals surface area (Å²) in [6.07, 6.45) is -0.514. The van der Waals surface area contributed by atoms with Crippen LogP contribution in [0.1, 0.15) is 6.42 Å². The summed E-state index contributed by atoms with van der Waals surface area (Å²) in [6.45, 7) is 0. The first-order chi connectivity index (χ1) is 5.11. The summed E-state index contributed by atoms with van der Waals surface area (Å²) in [7, 11) is 1.12. The second-order valence-corrected chi connectivity index (χ2v) is 1.56. The van der Waals surface area contributed by atoms with Crippen LogP contribution < -0.4 is 5.84 Å². The standard InChI is InChI=1S/C4H7N3O4/c1-11-4(8)2-3(6-5)7(9)10/h2,5H2,1H3/b6-3-. The summed E-state index contributed by atoms with van der Waals surface area (Å²) >= 11 is 0. The molecule has 0 bridgehead atoms. The van der Waals surface area contributed by atoms with Crippen molar-refractivity contribution in [3.8, 4) is 0 Å². The lowest BCUT2D eigenvalue weighted by atomic mass is 10.4. The Kier molecular flexibility index (Phi) is 3.57. The van der Waals surface area contributed by atoms with Gasteiger partial charge in [-0.1, -0.05) is 0 Å². The highest BCUT2D eigenvalue weighted by Gasteiger charge is 2.17. The second-order valence-electron chi connectivity index (χ2n) is 1.56. The van der Waals surface area contributed by atoms with Gasteiger partial charge in [-0.05, 0) is 4.92 Å². The predicted octanol–water partition coefficient (Wildman–Crippen LogP) is -0.902. The van der Waals surface area contributed by atoms with Crippen molar-refractivity contribution in [3.05, 3.63) is 10.1 Å². The number of nitro groups is 1. The van der Waals surface area contributed by atoms with Gasteiger partial charge in [-0.3, -0.25) is 4.79 Å². The summed E-state index contributed by atoms with van der Waals surface area (Å²) < 4.78 is 4.15. The highest BCUT2D eigenvalue weighted by atomic mass is 16.6. The topological polar surface area (TPSA) is 108 Å². The average molecular weight is 161 g/mol. The number of hydrazone groups is 1. The van der Waals surface area contributed by atoms with Gasteiger partial charge in [0.25, 0.3) is 0 Å². The van der Waals surface area contributed by atoms with Crippen molar-refractivity contribution in [2.24, 2.45) is 10.9 Å². The molecule has 0 aromatic heterocycles. The molecule has 7 nitrogen and oxygen atoms in total. The molecule has 7 heteroatoms. The Morgan fingerprint density at radius 2 is 2.36 bits per heavy atom. The maximum absolute atomic E-state index is 10.4. The molecule has 0 heterocycles. The fourth-order valence-corrected chi connectivity index (χ4v) is 0.359. The van der Waals surface area contributed by atoms with Crippen molar-refractivity contribution in [1.29, 1.82) is 0 Å². The van der Waals surface area contributed by atoms with E-state index < -0.39 is 23.1 Å². The van der Waals surface area contributed by atoms with Gasteiger partial charge in [0, 0.05) is 5.10 Å². The fraction of sp³-hybridized carbons (Fsp3) is 0.500. The minimum Gasteiger partial charge on any atom is -0.469 e. The molecule has 0 saturated heterocycles. The molecule has 0 rings (SSSR count). The number of hydrogen-bond acceptors (Lipinski definition) is 6. The molecule has 0 unspecified atom stereocenters. The van der Waals surface area contributed by atoms with Gasteiger partial charge < -0.3 is 14.9 Å². The second kappa shape index (κ2) is 4.20. The number of nitrogens with zero attached hydrogens (tertiary/aromatic N) is 2. The molecule has 0 radical (unpaired) electrons. The predicted molar refractivity (Wildman–Crippen MR) is 35.2 cm³/mol. The number of esters is 1. The Labute approximate surface area is 62.0 Å². The fourth-order valence-electron chi connectivity index (χ4n) is 0.359. The zero-order valence-electron chi connectivity index (χ0n) is 5.81. The Hall–Kier alpha value is -1.66. The van der Waals surface area contributed by atoms with Crippen molar-refractivity contribution >= 4 is 11.8 Å². The van der Waals surface area contributed by atoms with Crippen molar-refractivity contribution in [3.63, 3.8) is 0 Å². The van der Waals surface area contributed by atoms with E-state index in [0.717, 1.165) is 7.11 Å². The molecule has 62 valence electrons. The maximum Gasteiger partial charge on any atom is 0.374 e. The van der Waals surface area contributed by atoms with Crippen LogP contribution in [-0.2, 0) is 9.53 Å². The van der Waals surface area contributed by atoms with E-state index in [1.54, 1.807) is 0 Å². The molecule has 0 aliphatic heterocycles. The van der Waals surface area contributed by atoms with Crippen LogP contribution in [0, 0.1) is 10.1 Å².